The van der Waals surface area contributed by atoms with Gasteiger partial charge in [0.25, 0.3) is 5.91 Å². The molecule has 2 aromatic rings. The van der Waals surface area contributed by atoms with Gasteiger partial charge in [-0.15, -0.1) is 0 Å². The SMILES string of the molecule is O=C(COc1cc(Cl)ccc1Cl)N1CCC(c2ccccc2)=N1. The van der Waals surface area contributed by atoms with Crippen LogP contribution in [-0.4, -0.2) is 29.8 Å². The molecule has 1 heterocycles. The third kappa shape index (κ3) is 3.84. The second-order valence-electron chi connectivity index (χ2n) is 5.04. The monoisotopic (exact) mass is 348 g/mol. The van der Waals surface area contributed by atoms with Crippen molar-refractivity contribution in [2.75, 3.05) is 13.2 Å². The number of hydrogen-bond donors (Lipinski definition) is 0. The van der Waals surface area contributed by atoms with Gasteiger partial charge in [-0.1, -0.05) is 53.5 Å². The first kappa shape index (κ1) is 15.8. The molecule has 0 unspecified atom stereocenters. The number of hydrazone groups is 1. The normalized spacial score (nSPS) is 13.8. The van der Waals surface area contributed by atoms with Crippen LogP contribution in [-0.2, 0) is 4.79 Å². The zero-order chi connectivity index (χ0) is 16.2. The Morgan fingerprint density at radius 2 is 1.96 bits per heavy atom. The molecule has 0 spiro atoms. The van der Waals surface area contributed by atoms with Crippen molar-refractivity contribution in [3.63, 3.8) is 0 Å². The third-order valence-corrected chi connectivity index (χ3v) is 3.99. The van der Waals surface area contributed by atoms with Crippen LogP contribution in [0.25, 0.3) is 0 Å². The molecule has 0 N–H and O–H groups in total. The van der Waals surface area contributed by atoms with Crippen LogP contribution in [0.4, 0.5) is 0 Å². The van der Waals surface area contributed by atoms with Gasteiger partial charge in [0.2, 0.25) is 0 Å². The van der Waals surface area contributed by atoms with Crippen molar-refractivity contribution in [1.29, 1.82) is 0 Å². The molecule has 4 nitrogen and oxygen atoms in total. The standard InChI is InChI=1S/C17H14Cl2N2O2/c18-13-6-7-14(19)16(10-13)23-11-17(22)21-9-8-15(20-21)12-4-2-1-3-5-12/h1-7,10H,8-9,11H2. The van der Waals surface area contributed by atoms with Gasteiger partial charge in [-0.05, 0) is 17.7 Å². The molecule has 118 valence electrons. The van der Waals surface area contributed by atoms with Gasteiger partial charge in [-0.2, -0.15) is 5.10 Å². The Kier molecular flexibility index (Phi) is 4.84. The summed E-state index contributed by atoms with van der Waals surface area (Å²) < 4.78 is 5.46. The van der Waals surface area contributed by atoms with E-state index in [9.17, 15) is 4.79 Å². The van der Waals surface area contributed by atoms with Crippen molar-refractivity contribution in [1.82, 2.24) is 5.01 Å². The Morgan fingerprint density at radius 3 is 2.74 bits per heavy atom. The van der Waals surface area contributed by atoms with Crippen LogP contribution in [0, 0.1) is 0 Å². The van der Waals surface area contributed by atoms with E-state index >= 15 is 0 Å². The van der Waals surface area contributed by atoms with Crippen LogP contribution >= 0.6 is 23.2 Å². The predicted octanol–water partition coefficient (Wildman–Crippen LogP) is 4.01. The lowest BCUT2D eigenvalue weighted by Crippen LogP contribution is -2.28. The number of rotatable bonds is 4. The summed E-state index contributed by atoms with van der Waals surface area (Å²) in [6, 6.07) is 14.7. The number of hydrogen-bond acceptors (Lipinski definition) is 3. The molecule has 0 radical (unpaired) electrons. The van der Waals surface area contributed by atoms with E-state index in [0.717, 1.165) is 17.7 Å². The van der Waals surface area contributed by atoms with Gasteiger partial charge < -0.3 is 4.74 Å². The van der Waals surface area contributed by atoms with Crippen LogP contribution < -0.4 is 4.74 Å². The van der Waals surface area contributed by atoms with E-state index in [0.29, 0.717) is 22.3 Å². The summed E-state index contributed by atoms with van der Waals surface area (Å²) in [5.41, 5.74) is 1.93. The molecule has 23 heavy (non-hydrogen) atoms. The number of amides is 1. The second kappa shape index (κ2) is 7.02. The molecule has 0 atom stereocenters. The molecule has 0 fully saturated rings. The average Bonchev–Trinajstić information content (AvgIpc) is 3.06. The molecule has 1 aliphatic rings. The second-order valence-corrected chi connectivity index (χ2v) is 5.89. The van der Waals surface area contributed by atoms with E-state index in [1.165, 1.54) is 5.01 Å². The lowest BCUT2D eigenvalue weighted by molar-refractivity contribution is -0.132. The van der Waals surface area contributed by atoms with Gasteiger partial charge in [-0.3, -0.25) is 4.79 Å². The quantitative estimate of drug-likeness (QED) is 0.837. The van der Waals surface area contributed by atoms with E-state index in [-0.39, 0.29) is 12.5 Å². The summed E-state index contributed by atoms with van der Waals surface area (Å²) in [5.74, 6) is 0.172. The third-order valence-electron chi connectivity index (χ3n) is 3.44. The van der Waals surface area contributed by atoms with Crippen LogP contribution in [0.3, 0.4) is 0 Å². The first-order chi connectivity index (χ1) is 11.1. The first-order valence-electron chi connectivity index (χ1n) is 7.14. The molecular weight excluding hydrogens is 335 g/mol. The van der Waals surface area contributed by atoms with Crippen molar-refractivity contribution in [3.8, 4) is 5.75 Å². The molecule has 6 heteroatoms. The molecule has 1 aliphatic heterocycles. The number of ether oxygens (including phenoxy) is 1. The van der Waals surface area contributed by atoms with E-state index in [2.05, 4.69) is 5.10 Å². The van der Waals surface area contributed by atoms with E-state index in [1.54, 1.807) is 18.2 Å². The van der Waals surface area contributed by atoms with Gasteiger partial charge >= 0.3 is 0 Å². The largest absolute Gasteiger partial charge is 0.482 e. The van der Waals surface area contributed by atoms with Gasteiger partial charge in [0.05, 0.1) is 17.3 Å². The highest BCUT2D eigenvalue weighted by Crippen LogP contribution is 2.27. The summed E-state index contributed by atoms with van der Waals surface area (Å²) in [6.45, 7) is 0.418. The molecule has 1 amide bonds. The molecule has 0 saturated heterocycles. The van der Waals surface area contributed by atoms with E-state index in [1.807, 2.05) is 30.3 Å². The van der Waals surface area contributed by atoms with Crippen molar-refractivity contribution in [2.45, 2.75) is 6.42 Å². The minimum Gasteiger partial charge on any atom is -0.482 e. The highest BCUT2D eigenvalue weighted by molar-refractivity contribution is 6.34. The lowest BCUT2D eigenvalue weighted by Gasteiger charge is -2.13. The zero-order valence-corrected chi connectivity index (χ0v) is 13.7. The van der Waals surface area contributed by atoms with Crippen molar-refractivity contribution in [3.05, 3.63) is 64.1 Å². The molecular formula is C17H14Cl2N2O2. The maximum absolute atomic E-state index is 12.2. The maximum atomic E-state index is 12.2. The minimum absolute atomic E-state index is 0.133. The first-order valence-corrected chi connectivity index (χ1v) is 7.90. The summed E-state index contributed by atoms with van der Waals surface area (Å²) >= 11 is 11.9. The van der Waals surface area contributed by atoms with Crippen molar-refractivity contribution >= 4 is 34.8 Å². The van der Waals surface area contributed by atoms with Crippen molar-refractivity contribution in [2.24, 2.45) is 5.10 Å². The highest BCUT2D eigenvalue weighted by Gasteiger charge is 2.22. The van der Waals surface area contributed by atoms with E-state index in [4.69, 9.17) is 27.9 Å². The molecule has 3 rings (SSSR count). The fourth-order valence-electron chi connectivity index (χ4n) is 2.27. The molecule has 0 aromatic heterocycles. The van der Waals surface area contributed by atoms with Gasteiger partial charge in [0.15, 0.2) is 6.61 Å². The summed E-state index contributed by atoms with van der Waals surface area (Å²) in [6.07, 6.45) is 0.730. The topological polar surface area (TPSA) is 41.9 Å². The van der Waals surface area contributed by atoms with Gasteiger partial charge in [0.1, 0.15) is 5.75 Å². The predicted molar refractivity (Wildman–Crippen MR) is 91.3 cm³/mol. The van der Waals surface area contributed by atoms with Crippen molar-refractivity contribution < 1.29 is 9.53 Å². The molecule has 0 bridgehead atoms. The summed E-state index contributed by atoms with van der Waals surface area (Å²) in [7, 11) is 0. The van der Waals surface area contributed by atoms with Crippen LogP contribution in [0.15, 0.2) is 53.6 Å². The van der Waals surface area contributed by atoms with Crippen LogP contribution in [0.1, 0.15) is 12.0 Å². The fraction of sp³-hybridized carbons (Fsp3) is 0.176. The highest BCUT2D eigenvalue weighted by atomic mass is 35.5. The Bertz CT molecular complexity index is 748. The average molecular weight is 349 g/mol. The summed E-state index contributed by atoms with van der Waals surface area (Å²) in [4.78, 5) is 12.2. The Balaban J connectivity index is 1.63. The zero-order valence-electron chi connectivity index (χ0n) is 12.2. The van der Waals surface area contributed by atoms with Crippen LogP contribution in [0.5, 0.6) is 5.75 Å². The van der Waals surface area contributed by atoms with E-state index < -0.39 is 0 Å². The number of benzene rings is 2. The fourth-order valence-corrected chi connectivity index (χ4v) is 2.61. The number of halogens is 2. The molecule has 0 aliphatic carbocycles. The van der Waals surface area contributed by atoms with Crippen LogP contribution in [0.2, 0.25) is 10.0 Å². The maximum Gasteiger partial charge on any atom is 0.280 e. The molecule has 2 aromatic carbocycles. The van der Waals surface area contributed by atoms with Gasteiger partial charge in [0, 0.05) is 17.5 Å². The number of carbonyl (C=O) groups is 1. The lowest BCUT2D eigenvalue weighted by atomic mass is 10.1. The Hall–Kier alpha value is -2.04. The Labute approximate surface area is 144 Å². The number of carbonyl (C=O) groups excluding carboxylic acids is 1. The Morgan fingerprint density at radius 1 is 1.17 bits per heavy atom. The summed E-state index contributed by atoms with van der Waals surface area (Å²) in [5, 5.41) is 6.72. The minimum atomic E-state index is -0.216. The number of nitrogens with zero attached hydrogens (tertiary/aromatic N) is 2. The molecule has 0 saturated carbocycles. The van der Waals surface area contributed by atoms with Gasteiger partial charge in [-0.25, -0.2) is 5.01 Å². The smallest absolute Gasteiger partial charge is 0.280 e.